The fourth-order valence-corrected chi connectivity index (χ4v) is 8.33. The van der Waals surface area contributed by atoms with Crippen LogP contribution in [0.3, 0.4) is 0 Å². The van der Waals surface area contributed by atoms with Gasteiger partial charge in [0.15, 0.2) is 17.5 Å². The van der Waals surface area contributed by atoms with Gasteiger partial charge in [0.1, 0.15) is 17.8 Å². The number of benzene rings is 1. The molecule has 0 unspecified atom stereocenters. The minimum absolute atomic E-state index is 0.137. The van der Waals surface area contributed by atoms with Gasteiger partial charge in [0, 0.05) is 38.7 Å². The number of hydrogen-bond acceptors (Lipinski definition) is 11. The van der Waals surface area contributed by atoms with Crippen LogP contribution in [0.25, 0.3) is 0 Å². The summed E-state index contributed by atoms with van der Waals surface area (Å²) in [5.41, 5.74) is -5.82. The molecule has 44 heavy (non-hydrogen) atoms. The minimum Gasteiger partial charge on any atom is -0.455 e. The van der Waals surface area contributed by atoms with E-state index in [0.717, 1.165) is 0 Å². The van der Waals surface area contributed by atoms with Crippen LogP contribution < -0.4 is 0 Å². The first-order valence-corrected chi connectivity index (χ1v) is 15.1. The predicted octanol–water partition coefficient (Wildman–Crippen LogP) is 2.70. The molecular weight excluding hydrogens is 572 g/mol. The van der Waals surface area contributed by atoms with Crippen LogP contribution in [-0.2, 0) is 38.1 Å². The highest BCUT2D eigenvalue weighted by atomic mass is 16.6. The maximum absolute atomic E-state index is 15.1. The van der Waals surface area contributed by atoms with Gasteiger partial charge in [-0.05, 0) is 44.1 Å². The summed E-state index contributed by atoms with van der Waals surface area (Å²) >= 11 is 0. The fourth-order valence-electron chi connectivity index (χ4n) is 8.33. The number of aliphatic hydroxyl groups is 2. The predicted molar refractivity (Wildman–Crippen MR) is 154 cm³/mol. The number of rotatable bonds is 6. The van der Waals surface area contributed by atoms with Gasteiger partial charge in [0.05, 0.1) is 35.7 Å². The van der Waals surface area contributed by atoms with Gasteiger partial charge < -0.3 is 33.9 Å². The highest BCUT2D eigenvalue weighted by Crippen LogP contribution is 2.64. The van der Waals surface area contributed by atoms with Gasteiger partial charge in [0.25, 0.3) is 0 Å². The van der Waals surface area contributed by atoms with Crippen LogP contribution in [0.15, 0.2) is 41.5 Å². The third-order valence-electron chi connectivity index (χ3n) is 10.5. The third-order valence-corrected chi connectivity index (χ3v) is 10.5. The zero-order valence-electron chi connectivity index (χ0n) is 26.2. The lowest BCUT2D eigenvalue weighted by atomic mass is 9.44. The van der Waals surface area contributed by atoms with E-state index in [9.17, 15) is 24.6 Å². The standard InChI is InChI=1S/C33H42O11/c1-8-40-22-14-23-32(16-41-23,44-19(4)35)26-28(43-29(38)20-12-10-9-11-13-20)33(39)15-21(36)17(2)24(30(33,5)6)25(42-18(3)34)27(37)31(22,26)7/h9-13,21-23,25-26,28,36,39H,8,14-16H2,1-7H3/t21-,22-,23+,25+,26-,28-,31+,32-,33+/m0/s1. The second kappa shape index (κ2) is 11.0. The molecule has 11 nitrogen and oxygen atoms in total. The Morgan fingerprint density at radius 2 is 1.70 bits per heavy atom. The second-order valence-corrected chi connectivity index (χ2v) is 13.2. The number of carbonyl (C=O) groups is 4. The van der Waals surface area contributed by atoms with E-state index >= 15 is 4.79 Å². The van der Waals surface area contributed by atoms with Gasteiger partial charge in [0.2, 0.25) is 0 Å². The molecular formula is C33H42O11. The Morgan fingerprint density at radius 3 is 2.25 bits per heavy atom. The normalized spacial score (nSPS) is 39.1. The molecule has 1 heterocycles. The number of fused-ring (bicyclic) bond motifs is 5. The number of ketones is 1. The number of carbonyl (C=O) groups excluding carboxylic acids is 4. The van der Waals surface area contributed by atoms with Gasteiger partial charge in [-0.3, -0.25) is 14.4 Å². The maximum Gasteiger partial charge on any atom is 0.338 e. The quantitative estimate of drug-likeness (QED) is 0.276. The first kappa shape index (κ1) is 32.3. The molecule has 4 aliphatic rings. The summed E-state index contributed by atoms with van der Waals surface area (Å²) in [5.74, 6) is -3.98. The molecule has 0 radical (unpaired) electrons. The SMILES string of the molecule is CCO[C@H]1C[C@H]2OC[C@@]2(OC(C)=O)[C@H]2[C@H](OC(=O)c3ccccc3)[C@]3(O)C[C@H](O)C(C)=C([C@@H](OC(C)=O)C(=O)[C@]12C)C3(C)C. The lowest BCUT2D eigenvalue weighted by molar-refractivity contribution is -0.348. The largest absolute Gasteiger partial charge is 0.455 e. The Balaban J connectivity index is 1.86. The van der Waals surface area contributed by atoms with Crippen molar-refractivity contribution >= 4 is 23.7 Å². The van der Waals surface area contributed by atoms with Crippen molar-refractivity contribution in [2.24, 2.45) is 16.7 Å². The monoisotopic (exact) mass is 614 g/mol. The molecule has 1 aliphatic heterocycles. The summed E-state index contributed by atoms with van der Waals surface area (Å²) in [4.78, 5) is 54.3. The van der Waals surface area contributed by atoms with Crippen LogP contribution in [-0.4, -0.2) is 88.8 Å². The summed E-state index contributed by atoms with van der Waals surface area (Å²) in [6.45, 7) is 10.9. The van der Waals surface area contributed by atoms with Gasteiger partial charge >= 0.3 is 17.9 Å². The molecule has 5 rings (SSSR count). The Morgan fingerprint density at radius 1 is 1.05 bits per heavy atom. The van der Waals surface area contributed by atoms with E-state index < -0.39 is 82.2 Å². The lowest BCUT2D eigenvalue weighted by Gasteiger charge is -2.67. The van der Waals surface area contributed by atoms with Crippen LogP contribution in [0.2, 0.25) is 0 Å². The molecule has 0 amide bonds. The fraction of sp³-hybridized carbons (Fsp3) is 0.636. The molecule has 1 saturated heterocycles. The smallest absolute Gasteiger partial charge is 0.338 e. The number of Topliss-reactive ketones (excluding diaryl/α,β-unsaturated/α-hetero) is 1. The Kier molecular flexibility index (Phi) is 8.10. The second-order valence-electron chi connectivity index (χ2n) is 13.2. The average molecular weight is 615 g/mol. The third kappa shape index (κ3) is 4.54. The molecule has 2 saturated carbocycles. The van der Waals surface area contributed by atoms with E-state index in [1.807, 2.05) is 0 Å². The molecule has 11 heteroatoms. The molecule has 0 aromatic heterocycles. The van der Waals surface area contributed by atoms with Crippen molar-refractivity contribution in [3.05, 3.63) is 47.0 Å². The molecule has 1 aromatic carbocycles. The Bertz CT molecular complexity index is 1380. The molecule has 0 spiro atoms. The lowest BCUT2D eigenvalue weighted by Crippen LogP contribution is -2.82. The minimum atomic E-state index is -2.06. The zero-order chi connectivity index (χ0) is 32.4. The van der Waals surface area contributed by atoms with Crippen molar-refractivity contribution in [3.63, 3.8) is 0 Å². The van der Waals surface area contributed by atoms with Crippen LogP contribution in [0.4, 0.5) is 0 Å². The van der Waals surface area contributed by atoms with Crippen LogP contribution in [0, 0.1) is 16.7 Å². The first-order chi connectivity index (χ1) is 20.6. The van der Waals surface area contributed by atoms with Crippen molar-refractivity contribution in [1.82, 2.24) is 0 Å². The van der Waals surface area contributed by atoms with Crippen molar-refractivity contribution in [2.75, 3.05) is 13.2 Å². The van der Waals surface area contributed by atoms with Crippen LogP contribution in [0.5, 0.6) is 0 Å². The molecule has 3 aliphatic carbocycles. The van der Waals surface area contributed by atoms with Crippen LogP contribution >= 0.6 is 0 Å². The van der Waals surface area contributed by atoms with Crippen molar-refractivity contribution in [3.8, 4) is 0 Å². The van der Waals surface area contributed by atoms with Gasteiger partial charge in [-0.25, -0.2) is 4.79 Å². The summed E-state index contributed by atoms with van der Waals surface area (Å²) in [7, 11) is 0. The summed E-state index contributed by atoms with van der Waals surface area (Å²) in [5, 5.41) is 24.4. The Hall–Kier alpha value is -3.12. The van der Waals surface area contributed by atoms with Gasteiger partial charge in [-0.1, -0.05) is 32.0 Å². The molecule has 2 N–H and O–H groups in total. The van der Waals surface area contributed by atoms with E-state index in [2.05, 4.69) is 0 Å². The van der Waals surface area contributed by atoms with E-state index in [1.165, 1.54) is 13.8 Å². The number of hydrogen-bond donors (Lipinski definition) is 2. The topological polar surface area (TPSA) is 155 Å². The van der Waals surface area contributed by atoms with Crippen molar-refractivity contribution in [2.45, 2.75) is 103 Å². The number of aliphatic hydroxyl groups excluding tert-OH is 1. The maximum atomic E-state index is 15.1. The molecule has 3 fully saturated rings. The number of esters is 3. The van der Waals surface area contributed by atoms with Crippen molar-refractivity contribution < 1.29 is 53.1 Å². The highest BCUT2D eigenvalue weighted by molar-refractivity contribution is 5.95. The van der Waals surface area contributed by atoms with E-state index in [1.54, 1.807) is 65.0 Å². The molecule has 240 valence electrons. The van der Waals surface area contributed by atoms with Gasteiger partial charge in [-0.15, -0.1) is 0 Å². The van der Waals surface area contributed by atoms with E-state index in [4.69, 9.17) is 23.7 Å². The summed E-state index contributed by atoms with van der Waals surface area (Å²) in [6.07, 6.45) is -6.08. The zero-order valence-corrected chi connectivity index (χ0v) is 26.2. The Labute approximate surface area is 256 Å². The number of ether oxygens (including phenoxy) is 5. The summed E-state index contributed by atoms with van der Waals surface area (Å²) in [6, 6.07) is 8.20. The first-order valence-electron chi connectivity index (χ1n) is 15.1. The molecule has 9 atom stereocenters. The van der Waals surface area contributed by atoms with Crippen LogP contribution in [0.1, 0.15) is 71.7 Å². The molecule has 2 bridgehead atoms. The van der Waals surface area contributed by atoms with Gasteiger partial charge in [-0.2, -0.15) is 0 Å². The van der Waals surface area contributed by atoms with Crippen molar-refractivity contribution in [1.29, 1.82) is 0 Å². The highest BCUT2D eigenvalue weighted by Gasteiger charge is 2.78. The molecule has 1 aromatic rings. The summed E-state index contributed by atoms with van der Waals surface area (Å²) < 4.78 is 30.3. The van der Waals surface area contributed by atoms with E-state index in [-0.39, 0.29) is 37.2 Å². The van der Waals surface area contributed by atoms with E-state index in [0.29, 0.717) is 5.57 Å². The average Bonchev–Trinajstić information content (AvgIpc) is 2.94.